The Kier molecular flexibility index (Phi) is 2.74. The fourth-order valence-electron chi connectivity index (χ4n) is 1.97. The second-order valence-corrected chi connectivity index (χ2v) is 4.20. The highest BCUT2D eigenvalue weighted by Crippen LogP contribution is 2.21. The number of H-pyrrole nitrogens is 1. The third kappa shape index (κ3) is 2.07. The number of nitrogens with zero attached hydrogens (tertiary/aromatic N) is 2. The van der Waals surface area contributed by atoms with Crippen LogP contribution in [0.2, 0.25) is 0 Å². The molecule has 19 heavy (non-hydrogen) atoms. The van der Waals surface area contributed by atoms with Crippen molar-refractivity contribution in [3.63, 3.8) is 0 Å². The molecule has 2 N–H and O–H groups in total. The number of nitrogens with one attached hydrogen (secondary N) is 2. The zero-order chi connectivity index (χ0) is 13.2. The quantitative estimate of drug-likeness (QED) is 0.850. The average molecular weight is 254 g/mol. The van der Waals surface area contributed by atoms with Crippen molar-refractivity contribution in [3.05, 3.63) is 46.6 Å². The van der Waals surface area contributed by atoms with Crippen LogP contribution in [-0.2, 0) is 18.0 Å². The van der Waals surface area contributed by atoms with E-state index in [4.69, 9.17) is 10.00 Å². The summed E-state index contributed by atoms with van der Waals surface area (Å²) < 4.78 is 5.30. The molecule has 2 heterocycles. The number of amides is 1. The molecule has 1 aliphatic rings. The maximum atomic E-state index is 12.1. The van der Waals surface area contributed by atoms with Crippen molar-refractivity contribution in [1.29, 1.82) is 5.26 Å². The molecule has 2 aromatic rings. The number of aromatic amines is 1. The van der Waals surface area contributed by atoms with Gasteiger partial charge in [-0.25, -0.2) is 0 Å². The Balaban J connectivity index is 1.83. The number of hydrogen-bond acceptors (Lipinski definition) is 4. The van der Waals surface area contributed by atoms with Crippen LogP contribution in [0.25, 0.3) is 0 Å². The number of anilines is 1. The zero-order valence-electron chi connectivity index (χ0n) is 9.93. The van der Waals surface area contributed by atoms with Crippen LogP contribution in [0.4, 0.5) is 5.82 Å². The fourth-order valence-corrected chi connectivity index (χ4v) is 1.97. The predicted molar refractivity (Wildman–Crippen MR) is 66.2 cm³/mol. The van der Waals surface area contributed by atoms with Crippen LogP contribution in [0.5, 0.6) is 0 Å². The molecule has 94 valence electrons. The van der Waals surface area contributed by atoms with Gasteiger partial charge in [0, 0.05) is 5.56 Å². The molecule has 0 unspecified atom stereocenters. The first-order chi connectivity index (χ1) is 9.28. The molecule has 0 aliphatic carbocycles. The third-order valence-corrected chi connectivity index (χ3v) is 2.98. The summed E-state index contributed by atoms with van der Waals surface area (Å²) in [5, 5.41) is 17.8. The first-order valence-electron chi connectivity index (χ1n) is 5.72. The number of hydrogen-bond donors (Lipinski definition) is 2. The standard InChI is InChI=1S/C13H10N4O2/c14-4-11-5-15-17-12(11)16-13(18)8-1-2-9-6-19-7-10(9)3-8/h1-3,5H,6-7H2,(H2,15,16,17,18). The van der Waals surface area contributed by atoms with E-state index in [1.807, 2.05) is 12.1 Å². The molecule has 0 spiro atoms. The Hall–Kier alpha value is -2.65. The Bertz CT molecular complexity index is 684. The molecule has 3 rings (SSSR count). The smallest absolute Gasteiger partial charge is 0.256 e. The highest BCUT2D eigenvalue weighted by molar-refractivity contribution is 6.04. The topological polar surface area (TPSA) is 90.8 Å². The van der Waals surface area contributed by atoms with E-state index < -0.39 is 0 Å². The molecule has 0 saturated carbocycles. The molecule has 1 aromatic heterocycles. The normalized spacial score (nSPS) is 12.8. The van der Waals surface area contributed by atoms with Gasteiger partial charge in [-0.2, -0.15) is 10.4 Å². The van der Waals surface area contributed by atoms with Crippen LogP contribution in [0.1, 0.15) is 27.0 Å². The first kappa shape index (κ1) is 11.4. The highest BCUT2D eigenvalue weighted by atomic mass is 16.5. The first-order valence-corrected chi connectivity index (χ1v) is 5.72. The lowest BCUT2D eigenvalue weighted by molar-refractivity contribution is 0.102. The number of fused-ring (bicyclic) bond motifs is 1. The molecular weight excluding hydrogens is 244 g/mol. The van der Waals surface area contributed by atoms with E-state index in [2.05, 4.69) is 15.5 Å². The van der Waals surface area contributed by atoms with E-state index in [0.717, 1.165) is 11.1 Å². The number of carbonyl (C=O) groups is 1. The molecule has 0 saturated heterocycles. The number of aromatic nitrogens is 2. The van der Waals surface area contributed by atoms with Crippen molar-refractivity contribution < 1.29 is 9.53 Å². The van der Waals surface area contributed by atoms with Crippen molar-refractivity contribution in [1.82, 2.24) is 10.2 Å². The van der Waals surface area contributed by atoms with Crippen LogP contribution in [0.3, 0.4) is 0 Å². The van der Waals surface area contributed by atoms with Crippen LogP contribution in [0, 0.1) is 11.3 Å². The number of nitriles is 1. The second-order valence-electron chi connectivity index (χ2n) is 4.20. The van der Waals surface area contributed by atoms with Gasteiger partial charge in [0.2, 0.25) is 0 Å². The Labute approximate surface area is 109 Å². The van der Waals surface area contributed by atoms with E-state index in [1.165, 1.54) is 6.20 Å². The van der Waals surface area contributed by atoms with Gasteiger partial charge in [0.15, 0.2) is 0 Å². The predicted octanol–water partition coefficient (Wildman–Crippen LogP) is 1.56. The summed E-state index contributed by atoms with van der Waals surface area (Å²) >= 11 is 0. The van der Waals surface area contributed by atoms with Crippen LogP contribution in [0.15, 0.2) is 24.4 Å². The zero-order valence-corrected chi connectivity index (χ0v) is 9.93. The highest BCUT2D eigenvalue weighted by Gasteiger charge is 2.15. The van der Waals surface area contributed by atoms with E-state index in [-0.39, 0.29) is 5.91 Å². The molecule has 0 atom stereocenters. The van der Waals surface area contributed by atoms with Gasteiger partial charge >= 0.3 is 0 Å². The van der Waals surface area contributed by atoms with Gasteiger partial charge < -0.3 is 10.1 Å². The lowest BCUT2D eigenvalue weighted by atomic mass is 10.1. The van der Waals surface area contributed by atoms with Crippen LogP contribution < -0.4 is 5.32 Å². The molecule has 6 nitrogen and oxygen atoms in total. The summed E-state index contributed by atoms with van der Waals surface area (Å²) in [4.78, 5) is 12.1. The van der Waals surface area contributed by atoms with Crippen molar-refractivity contribution in [2.45, 2.75) is 13.2 Å². The molecule has 0 bridgehead atoms. The van der Waals surface area contributed by atoms with Crippen molar-refractivity contribution in [2.75, 3.05) is 5.32 Å². The van der Waals surface area contributed by atoms with Gasteiger partial charge in [-0.15, -0.1) is 0 Å². The fraction of sp³-hybridized carbons (Fsp3) is 0.154. The van der Waals surface area contributed by atoms with Crippen molar-refractivity contribution in [3.8, 4) is 6.07 Å². The summed E-state index contributed by atoms with van der Waals surface area (Å²) in [6, 6.07) is 7.38. The molecule has 1 aromatic carbocycles. The third-order valence-electron chi connectivity index (χ3n) is 2.98. The molecule has 0 fully saturated rings. The summed E-state index contributed by atoms with van der Waals surface area (Å²) in [5.74, 6) is 0.0275. The van der Waals surface area contributed by atoms with Gasteiger partial charge in [-0.05, 0) is 23.3 Å². The maximum Gasteiger partial charge on any atom is 0.256 e. The van der Waals surface area contributed by atoms with Crippen molar-refractivity contribution >= 4 is 11.7 Å². The van der Waals surface area contributed by atoms with E-state index in [9.17, 15) is 4.79 Å². The molecule has 1 aliphatic heterocycles. The molecule has 0 radical (unpaired) electrons. The average Bonchev–Trinajstić information content (AvgIpc) is 3.05. The Morgan fingerprint density at radius 3 is 3.11 bits per heavy atom. The van der Waals surface area contributed by atoms with Gasteiger partial charge in [0.05, 0.1) is 19.4 Å². The number of benzene rings is 1. The molecular formula is C13H10N4O2. The lowest BCUT2D eigenvalue weighted by Crippen LogP contribution is -2.13. The maximum absolute atomic E-state index is 12.1. The van der Waals surface area contributed by atoms with Crippen LogP contribution >= 0.6 is 0 Å². The SMILES string of the molecule is N#Cc1cn[nH]c1NC(=O)c1ccc2c(c1)COC2. The van der Waals surface area contributed by atoms with Gasteiger partial charge in [0.25, 0.3) is 5.91 Å². The molecule has 6 heteroatoms. The van der Waals surface area contributed by atoms with E-state index in [1.54, 1.807) is 12.1 Å². The second kappa shape index (κ2) is 4.55. The minimum absolute atomic E-state index is 0.282. The number of ether oxygens (including phenoxy) is 1. The van der Waals surface area contributed by atoms with E-state index in [0.29, 0.717) is 30.2 Å². The molecule has 1 amide bonds. The number of rotatable bonds is 2. The number of carbonyl (C=O) groups excluding carboxylic acids is 1. The van der Waals surface area contributed by atoms with Crippen molar-refractivity contribution in [2.24, 2.45) is 0 Å². The lowest BCUT2D eigenvalue weighted by Gasteiger charge is -2.04. The van der Waals surface area contributed by atoms with Crippen LogP contribution in [-0.4, -0.2) is 16.1 Å². The van der Waals surface area contributed by atoms with Gasteiger partial charge in [-0.3, -0.25) is 9.89 Å². The van der Waals surface area contributed by atoms with Gasteiger partial charge in [-0.1, -0.05) is 6.07 Å². The minimum Gasteiger partial charge on any atom is -0.372 e. The summed E-state index contributed by atoms with van der Waals surface area (Å²) in [6.45, 7) is 1.13. The Morgan fingerprint density at radius 2 is 2.26 bits per heavy atom. The monoisotopic (exact) mass is 254 g/mol. The minimum atomic E-state index is -0.282. The van der Waals surface area contributed by atoms with E-state index >= 15 is 0 Å². The van der Waals surface area contributed by atoms with Gasteiger partial charge in [0.1, 0.15) is 17.5 Å². The summed E-state index contributed by atoms with van der Waals surface area (Å²) in [6.07, 6.45) is 1.37. The summed E-state index contributed by atoms with van der Waals surface area (Å²) in [5.41, 5.74) is 2.97. The summed E-state index contributed by atoms with van der Waals surface area (Å²) in [7, 11) is 0. The Morgan fingerprint density at radius 1 is 1.42 bits per heavy atom. The largest absolute Gasteiger partial charge is 0.372 e.